The normalized spacial score (nSPS) is 10.9. The van der Waals surface area contributed by atoms with Crippen molar-refractivity contribution in [1.82, 2.24) is 0 Å². The van der Waals surface area contributed by atoms with E-state index < -0.39 is 0 Å². The predicted octanol–water partition coefficient (Wildman–Crippen LogP) is 6.04. The van der Waals surface area contributed by atoms with Crippen LogP contribution < -0.4 is 4.74 Å². The number of hydrogen-bond donors (Lipinski definition) is 0. The largest absolute Gasteiger partial charge is 0.497 e. The molecule has 2 nitrogen and oxygen atoms in total. The van der Waals surface area contributed by atoms with E-state index in [9.17, 15) is 4.79 Å². The van der Waals surface area contributed by atoms with Gasteiger partial charge in [-0.2, -0.15) is 0 Å². The highest BCUT2D eigenvalue weighted by atomic mass is 16.5. The summed E-state index contributed by atoms with van der Waals surface area (Å²) in [6, 6.07) is 22.2. The molecule has 0 unspecified atom stereocenters. The number of carbonyl (C=O) groups excluding carboxylic acids is 1. The van der Waals surface area contributed by atoms with Gasteiger partial charge in [-0.15, -0.1) is 0 Å². The Hall–Kier alpha value is -3.13. The molecule has 0 atom stereocenters. The van der Waals surface area contributed by atoms with Gasteiger partial charge in [-0.1, -0.05) is 60.7 Å². The number of Topliss-reactive ketones (excluding diaryl/α,β-unsaturated/α-hetero) is 1. The van der Waals surface area contributed by atoms with Crippen molar-refractivity contribution in [2.75, 3.05) is 7.11 Å². The van der Waals surface area contributed by atoms with Crippen molar-refractivity contribution in [3.63, 3.8) is 0 Å². The minimum absolute atomic E-state index is 0.0763. The molecule has 0 heterocycles. The van der Waals surface area contributed by atoms with Crippen LogP contribution in [0.4, 0.5) is 0 Å². The van der Waals surface area contributed by atoms with Gasteiger partial charge in [0.05, 0.1) is 7.11 Å². The van der Waals surface area contributed by atoms with Crippen molar-refractivity contribution in [3.05, 3.63) is 89.0 Å². The van der Waals surface area contributed by atoms with Gasteiger partial charge in [-0.05, 0) is 59.9 Å². The minimum Gasteiger partial charge on any atom is -0.497 e. The smallest absolute Gasteiger partial charge is 0.160 e. The van der Waals surface area contributed by atoms with E-state index in [0.29, 0.717) is 0 Å². The number of hydrogen-bond acceptors (Lipinski definition) is 2. The lowest BCUT2D eigenvalue weighted by Gasteiger charge is -2.12. The average molecular weight is 342 g/mol. The van der Waals surface area contributed by atoms with Crippen LogP contribution in [0.5, 0.6) is 5.75 Å². The summed E-state index contributed by atoms with van der Waals surface area (Å²) < 4.78 is 5.34. The lowest BCUT2D eigenvalue weighted by Crippen LogP contribution is -2.00. The molecule has 0 aliphatic rings. The van der Waals surface area contributed by atoms with Gasteiger partial charge in [-0.25, -0.2) is 0 Å². The summed E-state index contributed by atoms with van der Waals surface area (Å²) in [5.74, 6) is 0.893. The third kappa shape index (κ3) is 3.92. The van der Waals surface area contributed by atoms with Crippen molar-refractivity contribution in [2.24, 2.45) is 0 Å². The Morgan fingerprint density at radius 1 is 0.885 bits per heavy atom. The molecule has 3 rings (SSSR count). The van der Waals surface area contributed by atoms with Crippen LogP contribution in [-0.2, 0) is 0 Å². The maximum atomic E-state index is 12.2. The quantitative estimate of drug-likeness (QED) is 0.417. The fourth-order valence-electron chi connectivity index (χ4n) is 3.15. The van der Waals surface area contributed by atoms with E-state index in [0.717, 1.165) is 39.1 Å². The molecule has 0 bridgehead atoms. The third-order valence-electron chi connectivity index (χ3n) is 4.38. The fourth-order valence-corrected chi connectivity index (χ4v) is 3.15. The fraction of sp³-hybridized carbons (Fsp3) is 0.125. The second kappa shape index (κ2) is 7.83. The Morgan fingerprint density at radius 2 is 1.65 bits per heavy atom. The van der Waals surface area contributed by atoms with Gasteiger partial charge >= 0.3 is 0 Å². The highest BCUT2D eigenvalue weighted by Gasteiger charge is 2.12. The molecule has 0 amide bonds. The second-order valence-corrected chi connectivity index (χ2v) is 6.29. The van der Waals surface area contributed by atoms with Gasteiger partial charge in [0.15, 0.2) is 5.78 Å². The summed E-state index contributed by atoms with van der Waals surface area (Å²) in [6.45, 7) is 3.60. The van der Waals surface area contributed by atoms with E-state index in [1.165, 1.54) is 0 Å². The summed E-state index contributed by atoms with van der Waals surface area (Å²) in [5.41, 5.74) is 5.91. The first-order valence-electron chi connectivity index (χ1n) is 8.61. The molecule has 0 aromatic heterocycles. The standard InChI is InChI=1S/C24H22O2/c1-17-14-22(20-10-7-11-23(16-20)26-3)15-21(24(17)18(2)25)13-12-19-8-5-4-6-9-19/h4-16H,1-3H3/b13-12+. The van der Waals surface area contributed by atoms with E-state index in [4.69, 9.17) is 4.74 Å². The summed E-state index contributed by atoms with van der Waals surface area (Å²) in [5, 5.41) is 0. The molecule has 26 heavy (non-hydrogen) atoms. The molecule has 2 heteroatoms. The molecular weight excluding hydrogens is 320 g/mol. The number of rotatable bonds is 5. The zero-order valence-corrected chi connectivity index (χ0v) is 15.3. The summed E-state index contributed by atoms with van der Waals surface area (Å²) in [4.78, 5) is 12.2. The van der Waals surface area contributed by atoms with Crippen LogP contribution in [0.15, 0.2) is 66.7 Å². The van der Waals surface area contributed by atoms with Gasteiger partial charge in [0.1, 0.15) is 5.75 Å². The van der Waals surface area contributed by atoms with Crippen molar-refractivity contribution in [2.45, 2.75) is 13.8 Å². The van der Waals surface area contributed by atoms with Gasteiger partial charge in [0.2, 0.25) is 0 Å². The zero-order chi connectivity index (χ0) is 18.5. The first-order valence-corrected chi connectivity index (χ1v) is 8.61. The minimum atomic E-state index is 0.0763. The monoisotopic (exact) mass is 342 g/mol. The van der Waals surface area contributed by atoms with Crippen molar-refractivity contribution in [1.29, 1.82) is 0 Å². The van der Waals surface area contributed by atoms with Crippen LogP contribution in [0, 0.1) is 6.92 Å². The van der Waals surface area contributed by atoms with E-state index >= 15 is 0 Å². The molecule has 0 aliphatic carbocycles. The zero-order valence-electron chi connectivity index (χ0n) is 15.3. The Labute approximate surface area is 154 Å². The van der Waals surface area contributed by atoms with Crippen LogP contribution in [0.25, 0.3) is 23.3 Å². The Bertz CT molecular complexity index is 953. The number of ketones is 1. The Kier molecular flexibility index (Phi) is 5.33. The molecule has 0 aliphatic heterocycles. The third-order valence-corrected chi connectivity index (χ3v) is 4.38. The van der Waals surface area contributed by atoms with Gasteiger partial charge in [0, 0.05) is 5.56 Å². The number of ether oxygens (including phenoxy) is 1. The summed E-state index contributed by atoms with van der Waals surface area (Å²) in [6.07, 6.45) is 4.05. The number of carbonyl (C=O) groups is 1. The Morgan fingerprint density at radius 3 is 2.35 bits per heavy atom. The van der Waals surface area contributed by atoms with Gasteiger partial charge < -0.3 is 4.74 Å². The predicted molar refractivity (Wildman–Crippen MR) is 109 cm³/mol. The van der Waals surface area contributed by atoms with E-state index in [1.54, 1.807) is 14.0 Å². The first-order chi connectivity index (χ1) is 12.6. The number of benzene rings is 3. The molecule has 3 aromatic carbocycles. The SMILES string of the molecule is COc1cccc(-c2cc(C)c(C(C)=O)c(/C=C/c3ccccc3)c2)c1. The van der Waals surface area contributed by atoms with E-state index in [2.05, 4.69) is 18.2 Å². The number of methoxy groups -OCH3 is 1. The van der Waals surface area contributed by atoms with Crippen LogP contribution >= 0.6 is 0 Å². The Balaban J connectivity index is 2.10. The van der Waals surface area contributed by atoms with Crippen LogP contribution in [0.1, 0.15) is 34.0 Å². The summed E-state index contributed by atoms with van der Waals surface area (Å²) in [7, 11) is 1.66. The van der Waals surface area contributed by atoms with Crippen LogP contribution in [0.3, 0.4) is 0 Å². The molecule has 3 aromatic rings. The van der Waals surface area contributed by atoms with Crippen molar-refractivity contribution >= 4 is 17.9 Å². The molecule has 0 saturated heterocycles. The topological polar surface area (TPSA) is 26.3 Å². The molecular formula is C24H22O2. The van der Waals surface area contributed by atoms with Gasteiger partial charge in [0.25, 0.3) is 0 Å². The maximum absolute atomic E-state index is 12.2. The van der Waals surface area contributed by atoms with Gasteiger partial charge in [-0.3, -0.25) is 4.79 Å². The molecule has 0 spiro atoms. The highest BCUT2D eigenvalue weighted by molar-refractivity contribution is 6.00. The molecule has 0 fully saturated rings. The molecule has 0 radical (unpaired) electrons. The molecule has 0 N–H and O–H groups in total. The van der Waals surface area contributed by atoms with Crippen LogP contribution in [-0.4, -0.2) is 12.9 Å². The average Bonchev–Trinajstić information content (AvgIpc) is 2.66. The molecule has 0 saturated carbocycles. The summed E-state index contributed by atoms with van der Waals surface area (Å²) >= 11 is 0. The van der Waals surface area contributed by atoms with Crippen LogP contribution in [0.2, 0.25) is 0 Å². The van der Waals surface area contributed by atoms with Crippen molar-refractivity contribution < 1.29 is 9.53 Å². The maximum Gasteiger partial charge on any atom is 0.160 e. The second-order valence-electron chi connectivity index (χ2n) is 6.29. The lowest BCUT2D eigenvalue weighted by molar-refractivity contribution is 0.101. The first kappa shape index (κ1) is 17.7. The van der Waals surface area contributed by atoms with E-state index in [-0.39, 0.29) is 5.78 Å². The highest BCUT2D eigenvalue weighted by Crippen LogP contribution is 2.29. The lowest BCUT2D eigenvalue weighted by atomic mass is 9.92. The van der Waals surface area contributed by atoms with E-state index in [1.807, 2.05) is 67.6 Å². The van der Waals surface area contributed by atoms with Crippen molar-refractivity contribution in [3.8, 4) is 16.9 Å². The molecule has 130 valence electrons. The number of aryl methyl sites for hydroxylation is 1.